The predicted molar refractivity (Wildman–Crippen MR) is 116 cm³/mol. The number of carbonyl (C=O) groups excluding carboxylic acids is 1. The molecule has 0 saturated carbocycles. The first-order valence-electron chi connectivity index (χ1n) is 9.55. The molecule has 138 valence electrons. The van der Waals surface area contributed by atoms with Crippen LogP contribution in [0.2, 0.25) is 0 Å². The highest BCUT2D eigenvalue weighted by Crippen LogP contribution is 2.47. The number of para-hydroxylation sites is 1. The molecule has 0 N–H and O–H groups in total. The molecule has 2 nitrogen and oxygen atoms in total. The minimum Gasteiger partial charge on any atom is -0.314 e. The van der Waals surface area contributed by atoms with E-state index in [9.17, 15) is 4.79 Å². The molecule has 2 heteroatoms. The highest BCUT2D eigenvalue weighted by molar-refractivity contribution is 6.10. The Balaban J connectivity index is 1.69. The van der Waals surface area contributed by atoms with Gasteiger partial charge in [0, 0.05) is 12.7 Å². The van der Waals surface area contributed by atoms with Crippen LogP contribution in [0.5, 0.6) is 0 Å². The van der Waals surface area contributed by atoms with Crippen LogP contribution in [0, 0.1) is 0 Å². The molecule has 0 spiro atoms. The van der Waals surface area contributed by atoms with Crippen molar-refractivity contribution < 1.29 is 4.79 Å². The molecule has 1 aliphatic heterocycles. The Morgan fingerprint density at radius 3 is 2.21 bits per heavy atom. The molecule has 0 aromatic heterocycles. The third-order valence-electron chi connectivity index (χ3n) is 5.42. The minimum absolute atomic E-state index is 0.122. The van der Waals surface area contributed by atoms with E-state index >= 15 is 0 Å². The van der Waals surface area contributed by atoms with Gasteiger partial charge in [0.25, 0.3) is 0 Å². The quantitative estimate of drug-likeness (QED) is 0.538. The maximum absolute atomic E-state index is 13.4. The van der Waals surface area contributed by atoms with Crippen LogP contribution < -0.4 is 4.90 Å². The first-order valence-corrected chi connectivity index (χ1v) is 9.55. The van der Waals surface area contributed by atoms with Crippen LogP contribution in [0.25, 0.3) is 6.08 Å². The molecule has 0 unspecified atom stereocenters. The summed E-state index contributed by atoms with van der Waals surface area (Å²) in [6.07, 6.45) is 8.85. The number of benzene rings is 3. The molecule has 0 aliphatic carbocycles. The zero-order chi connectivity index (χ0) is 19.4. The average Bonchev–Trinajstić information content (AvgIpc) is 2.98. The monoisotopic (exact) mass is 365 g/mol. The molecule has 28 heavy (non-hydrogen) atoms. The smallest absolute Gasteiger partial charge is 0.242 e. The number of rotatable bonds is 5. The molecular formula is C26H23NO. The van der Waals surface area contributed by atoms with Crippen molar-refractivity contribution in [2.75, 3.05) is 11.9 Å². The summed E-state index contributed by atoms with van der Waals surface area (Å²) < 4.78 is 0. The van der Waals surface area contributed by atoms with Crippen molar-refractivity contribution in [2.24, 2.45) is 0 Å². The lowest BCUT2D eigenvalue weighted by Crippen LogP contribution is -2.39. The summed E-state index contributed by atoms with van der Waals surface area (Å²) >= 11 is 0. The van der Waals surface area contributed by atoms with Gasteiger partial charge in [-0.15, -0.1) is 0 Å². The molecule has 0 bridgehead atoms. The van der Waals surface area contributed by atoms with Gasteiger partial charge in [-0.25, -0.2) is 0 Å². The summed E-state index contributed by atoms with van der Waals surface area (Å²) in [6.45, 7) is 0. The van der Waals surface area contributed by atoms with Gasteiger partial charge in [-0.1, -0.05) is 103 Å². The molecule has 1 aliphatic rings. The summed E-state index contributed by atoms with van der Waals surface area (Å²) in [5, 5.41) is 0. The zero-order valence-electron chi connectivity index (χ0n) is 16.0. The molecule has 0 fully saturated rings. The zero-order valence-corrected chi connectivity index (χ0v) is 16.0. The highest BCUT2D eigenvalue weighted by Gasteiger charge is 2.49. The van der Waals surface area contributed by atoms with Gasteiger partial charge in [0.2, 0.25) is 5.91 Å². The van der Waals surface area contributed by atoms with Crippen molar-refractivity contribution in [3.8, 4) is 0 Å². The third-order valence-corrected chi connectivity index (χ3v) is 5.42. The summed E-state index contributed by atoms with van der Waals surface area (Å²) in [5.74, 6) is 0.122. The molecular weight excluding hydrogens is 342 g/mol. The van der Waals surface area contributed by atoms with Gasteiger partial charge in [-0.05, 0) is 29.2 Å². The predicted octanol–water partition coefficient (Wildman–Crippen LogP) is 5.61. The van der Waals surface area contributed by atoms with E-state index < -0.39 is 5.41 Å². The number of likely N-dealkylation sites (N-methyl/N-ethyl adjacent to an activating group) is 1. The normalized spacial score (nSPS) is 18.9. The fourth-order valence-corrected chi connectivity index (χ4v) is 4.01. The van der Waals surface area contributed by atoms with E-state index in [2.05, 4.69) is 42.5 Å². The van der Waals surface area contributed by atoms with E-state index in [0.717, 1.165) is 22.4 Å². The summed E-state index contributed by atoms with van der Waals surface area (Å²) in [6, 6.07) is 28.4. The Kier molecular flexibility index (Phi) is 4.94. The van der Waals surface area contributed by atoms with Gasteiger partial charge in [0.15, 0.2) is 0 Å². The topological polar surface area (TPSA) is 20.3 Å². The van der Waals surface area contributed by atoms with Crippen molar-refractivity contribution >= 4 is 17.7 Å². The van der Waals surface area contributed by atoms with Crippen molar-refractivity contribution in [2.45, 2.75) is 11.8 Å². The van der Waals surface area contributed by atoms with E-state index in [1.54, 1.807) is 4.90 Å². The van der Waals surface area contributed by atoms with E-state index in [-0.39, 0.29) is 5.91 Å². The number of carbonyl (C=O) groups is 1. The minimum atomic E-state index is -0.677. The Bertz CT molecular complexity index is 1020. The van der Waals surface area contributed by atoms with Crippen molar-refractivity contribution in [3.05, 3.63) is 120 Å². The van der Waals surface area contributed by atoms with Crippen LogP contribution in [0.15, 0.2) is 103 Å². The third kappa shape index (κ3) is 3.07. The number of hydrogen-bond acceptors (Lipinski definition) is 1. The molecule has 1 atom stereocenters. The largest absolute Gasteiger partial charge is 0.314 e. The fraction of sp³-hybridized carbons (Fsp3) is 0.115. The Morgan fingerprint density at radius 1 is 0.821 bits per heavy atom. The number of hydrogen-bond donors (Lipinski definition) is 0. The lowest BCUT2D eigenvalue weighted by molar-refractivity contribution is -0.121. The second-order valence-electron chi connectivity index (χ2n) is 7.05. The number of anilines is 1. The van der Waals surface area contributed by atoms with E-state index in [1.807, 2.05) is 73.8 Å². The number of nitrogens with zero attached hydrogens (tertiary/aromatic N) is 1. The Morgan fingerprint density at radius 2 is 1.46 bits per heavy atom. The molecule has 0 saturated heterocycles. The standard InChI is InChI=1S/C26H23NO/c1-27-24-19-11-10-18-23(24)26(25(27)28,22-16-8-3-9-17-22)20-12-4-7-15-21-13-5-2-6-14-21/h2-19H,20H2,1H3/b12-4+,15-7+/t26-/m0/s1. The van der Waals surface area contributed by atoms with Crippen LogP contribution in [0.4, 0.5) is 5.69 Å². The first-order chi connectivity index (χ1) is 13.7. The summed E-state index contributed by atoms with van der Waals surface area (Å²) in [5.41, 5.74) is 3.58. The molecule has 1 amide bonds. The summed E-state index contributed by atoms with van der Waals surface area (Å²) in [4.78, 5) is 15.2. The second-order valence-corrected chi connectivity index (χ2v) is 7.05. The molecule has 0 radical (unpaired) electrons. The van der Waals surface area contributed by atoms with E-state index in [4.69, 9.17) is 0 Å². The Hall–Kier alpha value is -3.39. The van der Waals surface area contributed by atoms with Crippen LogP contribution >= 0.6 is 0 Å². The van der Waals surface area contributed by atoms with Crippen molar-refractivity contribution in [1.82, 2.24) is 0 Å². The second kappa shape index (κ2) is 7.69. The lowest BCUT2D eigenvalue weighted by atomic mass is 9.73. The molecule has 3 aromatic rings. The first kappa shape index (κ1) is 18.0. The van der Waals surface area contributed by atoms with Gasteiger partial charge in [-0.2, -0.15) is 0 Å². The van der Waals surface area contributed by atoms with Gasteiger partial charge in [-0.3, -0.25) is 4.79 Å². The van der Waals surface area contributed by atoms with Gasteiger partial charge in [0.1, 0.15) is 5.41 Å². The fourth-order valence-electron chi connectivity index (χ4n) is 4.01. The number of fused-ring (bicyclic) bond motifs is 1. The maximum atomic E-state index is 13.4. The SMILES string of the molecule is CN1C(=O)[C@@](C/C=C/C=C/c2ccccc2)(c2ccccc2)c2ccccc21. The van der Waals surface area contributed by atoms with Crippen molar-refractivity contribution in [1.29, 1.82) is 0 Å². The van der Waals surface area contributed by atoms with Gasteiger partial charge >= 0.3 is 0 Å². The van der Waals surface area contributed by atoms with E-state index in [0.29, 0.717) is 6.42 Å². The van der Waals surface area contributed by atoms with Crippen LogP contribution in [0.3, 0.4) is 0 Å². The number of allylic oxidation sites excluding steroid dienone is 3. The van der Waals surface area contributed by atoms with Crippen molar-refractivity contribution in [3.63, 3.8) is 0 Å². The summed E-state index contributed by atoms with van der Waals surface area (Å²) in [7, 11) is 1.87. The number of amides is 1. The maximum Gasteiger partial charge on any atom is 0.242 e. The van der Waals surface area contributed by atoms with Crippen LogP contribution in [-0.2, 0) is 10.2 Å². The van der Waals surface area contributed by atoms with Crippen LogP contribution in [-0.4, -0.2) is 13.0 Å². The lowest BCUT2D eigenvalue weighted by Gasteiger charge is -2.28. The molecule has 4 rings (SSSR count). The van der Waals surface area contributed by atoms with Gasteiger partial charge in [0.05, 0.1) is 0 Å². The highest BCUT2D eigenvalue weighted by atomic mass is 16.2. The van der Waals surface area contributed by atoms with E-state index in [1.165, 1.54) is 0 Å². The molecule has 1 heterocycles. The molecule has 3 aromatic carbocycles. The Labute approximate surface area is 166 Å². The average molecular weight is 365 g/mol. The van der Waals surface area contributed by atoms with Crippen LogP contribution in [0.1, 0.15) is 23.1 Å². The van der Waals surface area contributed by atoms with Gasteiger partial charge < -0.3 is 4.90 Å².